The largest absolute Gasteiger partial charge is 0.494 e. The van der Waals surface area contributed by atoms with Gasteiger partial charge in [0, 0.05) is 5.56 Å². The van der Waals surface area contributed by atoms with Gasteiger partial charge in [0.2, 0.25) is 5.89 Å². The molecule has 0 amide bonds. The number of unbranched alkanes of at least 4 members (excludes halogenated alkanes) is 1. The highest BCUT2D eigenvalue weighted by molar-refractivity contribution is 6.16. The molecule has 0 aliphatic carbocycles. The van der Waals surface area contributed by atoms with Crippen molar-refractivity contribution in [3.63, 3.8) is 0 Å². The summed E-state index contributed by atoms with van der Waals surface area (Å²) in [7, 11) is 0. The number of alkyl halides is 1. The van der Waals surface area contributed by atoms with E-state index in [0.717, 1.165) is 36.5 Å². The molecular formula is C14H16ClNO2. The Morgan fingerprint density at radius 1 is 1.28 bits per heavy atom. The standard InChI is InChI=1S/C14H16ClNO2/c1-2-3-8-17-13-6-4-11(5-7-13)14-16-12(9-15)10-18-14/h4-7,10H,2-3,8-9H2,1H3. The van der Waals surface area contributed by atoms with Crippen LogP contribution in [0, 0.1) is 0 Å². The minimum absolute atomic E-state index is 0.363. The fourth-order valence-electron chi connectivity index (χ4n) is 1.53. The molecule has 3 nitrogen and oxygen atoms in total. The number of oxazole rings is 1. The maximum absolute atomic E-state index is 5.68. The molecule has 1 heterocycles. The van der Waals surface area contributed by atoms with Crippen LogP contribution in [0.15, 0.2) is 34.9 Å². The van der Waals surface area contributed by atoms with Crippen molar-refractivity contribution in [2.24, 2.45) is 0 Å². The van der Waals surface area contributed by atoms with E-state index < -0.39 is 0 Å². The van der Waals surface area contributed by atoms with Crippen LogP contribution in [0.2, 0.25) is 0 Å². The Balaban J connectivity index is 2.02. The number of benzene rings is 1. The molecule has 0 atom stereocenters. The molecule has 0 radical (unpaired) electrons. The third-order valence-corrected chi connectivity index (χ3v) is 2.83. The number of hydrogen-bond acceptors (Lipinski definition) is 3. The van der Waals surface area contributed by atoms with Crippen molar-refractivity contribution >= 4 is 11.6 Å². The van der Waals surface area contributed by atoms with E-state index in [2.05, 4.69) is 11.9 Å². The zero-order valence-corrected chi connectivity index (χ0v) is 11.1. The van der Waals surface area contributed by atoms with Crippen LogP contribution in [-0.4, -0.2) is 11.6 Å². The van der Waals surface area contributed by atoms with Gasteiger partial charge in [-0.2, -0.15) is 0 Å². The first-order valence-electron chi connectivity index (χ1n) is 6.07. The van der Waals surface area contributed by atoms with Crippen LogP contribution in [-0.2, 0) is 5.88 Å². The van der Waals surface area contributed by atoms with Gasteiger partial charge in [-0.05, 0) is 30.7 Å². The third-order valence-electron chi connectivity index (χ3n) is 2.56. The van der Waals surface area contributed by atoms with Gasteiger partial charge in [0.1, 0.15) is 12.0 Å². The van der Waals surface area contributed by atoms with Crippen molar-refractivity contribution in [2.45, 2.75) is 25.6 Å². The van der Waals surface area contributed by atoms with Crippen LogP contribution in [0.4, 0.5) is 0 Å². The highest BCUT2D eigenvalue weighted by Gasteiger charge is 2.06. The summed E-state index contributed by atoms with van der Waals surface area (Å²) in [5.74, 6) is 1.82. The summed E-state index contributed by atoms with van der Waals surface area (Å²) in [6.45, 7) is 2.90. The van der Waals surface area contributed by atoms with E-state index in [4.69, 9.17) is 20.8 Å². The lowest BCUT2D eigenvalue weighted by molar-refractivity contribution is 0.309. The van der Waals surface area contributed by atoms with Crippen molar-refractivity contribution in [3.05, 3.63) is 36.2 Å². The number of hydrogen-bond donors (Lipinski definition) is 0. The predicted molar refractivity (Wildman–Crippen MR) is 71.9 cm³/mol. The molecule has 4 heteroatoms. The highest BCUT2D eigenvalue weighted by atomic mass is 35.5. The fourth-order valence-corrected chi connectivity index (χ4v) is 1.65. The van der Waals surface area contributed by atoms with Crippen LogP contribution in [0.3, 0.4) is 0 Å². The van der Waals surface area contributed by atoms with Gasteiger partial charge in [-0.3, -0.25) is 0 Å². The molecule has 0 spiro atoms. The van der Waals surface area contributed by atoms with Gasteiger partial charge in [0.15, 0.2) is 0 Å². The Labute approximate surface area is 112 Å². The first-order chi connectivity index (χ1) is 8.83. The molecule has 1 aromatic heterocycles. The lowest BCUT2D eigenvalue weighted by Crippen LogP contribution is -1.95. The zero-order chi connectivity index (χ0) is 12.8. The Morgan fingerprint density at radius 3 is 2.67 bits per heavy atom. The number of aromatic nitrogens is 1. The average Bonchev–Trinajstić information content (AvgIpc) is 2.89. The molecule has 2 aromatic rings. The molecule has 0 bridgehead atoms. The van der Waals surface area contributed by atoms with Crippen molar-refractivity contribution in [1.82, 2.24) is 4.98 Å². The maximum Gasteiger partial charge on any atom is 0.226 e. The van der Waals surface area contributed by atoms with Crippen molar-refractivity contribution < 1.29 is 9.15 Å². The Kier molecular flexibility index (Phi) is 4.65. The molecule has 0 N–H and O–H groups in total. The molecular weight excluding hydrogens is 250 g/mol. The number of halogens is 1. The minimum Gasteiger partial charge on any atom is -0.494 e. The van der Waals surface area contributed by atoms with E-state index in [1.165, 1.54) is 0 Å². The lowest BCUT2D eigenvalue weighted by atomic mass is 10.2. The van der Waals surface area contributed by atoms with Gasteiger partial charge >= 0.3 is 0 Å². The Morgan fingerprint density at radius 2 is 2.06 bits per heavy atom. The van der Waals surface area contributed by atoms with Crippen LogP contribution in [0.1, 0.15) is 25.5 Å². The van der Waals surface area contributed by atoms with Crippen LogP contribution >= 0.6 is 11.6 Å². The topological polar surface area (TPSA) is 35.3 Å². The fraction of sp³-hybridized carbons (Fsp3) is 0.357. The van der Waals surface area contributed by atoms with Gasteiger partial charge in [0.05, 0.1) is 18.2 Å². The molecule has 18 heavy (non-hydrogen) atoms. The average molecular weight is 266 g/mol. The van der Waals surface area contributed by atoms with E-state index >= 15 is 0 Å². The molecule has 1 aromatic carbocycles. The molecule has 0 fully saturated rings. The first-order valence-corrected chi connectivity index (χ1v) is 6.60. The van der Waals surface area contributed by atoms with E-state index in [0.29, 0.717) is 11.8 Å². The molecule has 2 rings (SSSR count). The zero-order valence-electron chi connectivity index (χ0n) is 10.4. The SMILES string of the molecule is CCCCOc1ccc(-c2nc(CCl)co2)cc1. The van der Waals surface area contributed by atoms with Gasteiger partial charge in [-0.25, -0.2) is 4.98 Å². The van der Waals surface area contributed by atoms with Crippen molar-refractivity contribution in [2.75, 3.05) is 6.61 Å². The van der Waals surface area contributed by atoms with Crippen LogP contribution in [0.5, 0.6) is 5.75 Å². The van der Waals surface area contributed by atoms with Crippen molar-refractivity contribution in [3.8, 4) is 17.2 Å². The number of ether oxygens (including phenoxy) is 1. The third kappa shape index (κ3) is 3.26. The van der Waals surface area contributed by atoms with Crippen LogP contribution < -0.4 is 4.74 Å². The van der Waals surface area contributed by atoms with E-state index in [-0.39, 0.29) is 0 Å². The molecule has 96 valence electrons. The summed E-state index contributed by atoms with van der Waals surface area (Å²) in [6, 6.07) is 7.72. The van der Waals surface area contributed by atoms with Gasteiger partial charge in [-0.15, -0.1) is 11.6 Å². The summed E-state index contributed by atoms with van der Waals surface area (Å²) < 4.78 is 10.9. The second kappa shape index (κ2) is 6.45. The number of nitrogens with zero attached hydrogens (tertiary/aromatic N) is 1. The summed E-state index contributed by atoms with van der Waals surface area (Å²) in [5.41, 5.74) is 1.67. The number of rotatable bonds is 6. The maximum atomic E-state index is 5.68. The second-order valence-electron chi connectivity index (χ2n) is 4.00. The summed E-state index contributed by atoms with van der Waals surface area (Å²) in [6.07, 6.45) is 3.78. The Bertz CT molecular complexity index is 479. The van der Waals surface area contributed by atoms with Gasteiger partial charge < -0.3 is 9.15 Å². The minimum atomic E-state index is 0.363. The first kappa shape index (κ1) is 13.0. The summed E-state index contributed by atoms with van der Waals surface area (Å²) >= 11 is 5.68. The Hall–Kier alpha value is -1.48. The van der Waals surface area contributed by atoms with Gasteiger partial charge in [-0.1, -0.05) is 13.3 Å². The molecule has 0 saturated carbocycles. The smallest absolute Gasteiger partial charge is 0.226 e. The highest BCUT2D eigenvalue weighted by Crippen LogP contribution is 2.22. The predicted octanol–water partition coefficient (Wildman–Crippen LogP) is 4.26. The summed E-state index contributed by atoms with van der Waals surface area (Å²) in [4.78, 5) is 4.26. The molecule has 0 aliphatic heterocycles. The van der Waals surface area contributed by atoms with E-state index in [1.54, 1.807) is 6.26 Å². The molecule has 0 aliphatic rings. The molecule has 0 unspecified atom stereocenters. The van der Waals surface area contributed by atoms with E-state index in [1.807, 2.05) is 24.3 Å². The van der Waals surface area contributed by atoms with Crippen LogP contribution in [0.25, 0.3) is 11.5 Å². The summed E-state index contributed by atoms with van der Waals surface area (Å²) in [5, 5.41) is 0. The van der Waals surface area contributed by atoms with Crippen molar-refractivity contribution in [1.29, 1.82) is 0 Å². The monoisotopic (exact) mass is 265 g/mol. The van der Waals surface area contributed by atoms with E-state index in [9.17, 15) is 0 Å². The van der Waals surface area contributed by atoms with Gasteiger partial charge in [0.25, 0.3) is 0 Å². The normalized spacial score (nSPS) is 10.6. The second-order valence-corrected chi connectivity index (χ2v) is 4.27. The lowest BCUT2D eigenvalue weighted by Gasteiger charge is -2.05. The quantitative estimate of drug-likeness (QED) is 0.578. The molecule has 0 saturated heterocycles.